The molecule has 3 N–H and O–H groups in total. The number of benzene rings is 1. The predicted octanol–water partition coefficient (Wildman–Crippen LogP) is 3.34. The van der Waals surface area contributed by atoms with Crippen LogP contribution >= 0.6 is 0 Å². The number of carboxylic acids is 1. The van der Waals surface area contributed by atoms with Crippen molar-refractivity contribution < 1.29 is 29.0 Å². The Balaban J connectivity index is 1.41. The summed E-state index contributed by atoms with van der Waals surface area (Å²) in [5.74, 6) is -2.12. The first kappa shape index (κ1) is 29.1. The van der Waals surface area contributed by atoms with Crippen LogP contribution in [0.5, 0.6) is 0 Å². The van der Waals surface area contributed by atoms with Crippen molar-refractivity contribution >= 4 is 23.9 Å². The molecule has 1 saturated carbocycles. The first-order chi connectivity index (χ1) is 19.5. The maximum Gasteiger partial charge on any atom is 0.408 e. The van der Waals surface area contributed by atoms with Crippen molar-refractivity contribution in [2.45, 2.75) is 108 Å². The number of nitrogens with zero attached hydrogens (tertiary/aromatic N) is 2. The Morgan fingerprint density at radius 1 is 1.10 bits per heavy atom. The first-order valence-electron chi connectivity index (χ1n) is 14.8. The van der Waals surface area contributed by atoms with E-state index in [0.29, 0.717) is 25.8 Å². The highest BCUT2D eigenvalue weighted by molar-refractivity contribution is 5.96. The summed E-state index contributed by atoms with van der Waals surface area (Å²) in [6, 6.07) is 6.44. The van der Waals surface area contributed by atoms with Crippen LogP contribution in [0.3, 0.4) is 0 Å². The summed E-state index contributed by atoms with van der Waals surface area (Å²) >= 11 is 0. The number of hydrogen-bond donors (Lipinski definition) is 3. The molecule has 0 bridgehead atoms. The number of allylic oxidation sites excluding steroid dienone is 1. The van der Waals surface area contributed by atoms with E-state index in [1.54, 1.807) is 25.7 Å². The number of rotatable bonds is 3. The summed E-state index contributed by atoms with van der Waals surface area (Å²) in [5.41, 5.74) is 0.389. The van der Waals surface area contributed by atoms with E-state index in [-0.39, 0.29) is 17.9 Å². The second kappa shape index (κ2) is 11.5. The van der Waals surface area contributed by atoms with Gasteiger partial charge in [-0.2, -0.15) is 0 Å². The van der Waals surface area contributed by atoms with Gasteiger partial charge < -0.3 is 25.4 Å². The maximum absolute atomic E-state index is 14.1. The van der Waals surface area contributed by atoms with Crippen molar-refractivity contribution in [3.8, 4) is 0 Å². The van der Waals surface area contributed by atoms with Crippen LogP contribution in [0.15, 0.2) is 36.4 Å². The van der Waals surface area contributed by atoms with Gasteiger partial charge in [0.25, 0.3) is 0 Å². The molecular formula is C31H42N4O6. The van der Waals surface area contributed by atoms with Gasteiger partial charge in [-0.15, -0.1) is 0 Å². The average molecular weight is 567 g/mol. The number of alkyl carbamates (subject to hydrolysis) is 1. The highest BCUT2D eigenvalue weighted by Gasteiger charge is 2.61. The number of carbonyl (C=O) groups excluding carboxylic acids is 3. The Morgan fingerprint density at radius 2 is 1.80 bits per heavy atom. The molecule has 1 saturated heterocycles. The molecule has 1 aliphatic carbocycles. The van der Waals surface area contributed by atoms with E-state index in [9.17, 15) is 24.3 Å². The Labute approximate surface area is 241 Å². The van der Waals surface area contributed by atoms with E-state index < -0.39 is 41.2 Å². The van der Waals surface area contributed by atoms with Gasteiger partial charge in [0, 0.05) is 31.6 Å². The Hall–Kier alpha value is -3.40. The van der Waals surface area contributed by atoms with Crippen LogP contribution in [0.25, 0.3) is 0 Å². The molecule has 4 aliphatic rings. The summed E-state index contributed by atoms with van der Waals surface area (Å²) < 4.78 is 5.46. The van der Waals surface area contributed by atoms with Gasteiger partial charge in [-0.3, -0.25) is 14.5 Å². The minimum absolute atomic E-state index is 0.0844. The van der Waals surface area contributed by atoms with Crippen LogP contribution in [0, 0.1) is 5.92 Å². The zero-order chi connectivity index (χ0) is 29.4. The quantitative estimate of drug-likeness (QED) is 0.479. The number of hydrogen-bond acceptors (Lipinski definition) is 6. The lowest BCUT2D eigenvalue weighted by atomic mass is 10.0. The average Bonchev–Trinajstić information content (AvgIpc) is 3.23. The van der Waals surface area contributed by atoms with Gasteiger partial charge in [0.05, 0.1) is 0 Å². The standard InChI is InChI=1S/C31H42N4O6/c1-30(2,3)41-29(40)32-24-14-8-6-4-5-7-13-22-16-31(22,28(38)39)33-26(36)25-15-23(19-35(25)27(24)37)34-17-20-11-9-10-12-21(20)18-34/h7,9-13,22-25H,4-6,8,14-19H2,1-3H3,(H,32,40)(H,33,36)(H,38,39)/b13-7-/t22-,23-,24+,25+,31-/m1/s1. The second-order valence-electron chi connectivity index (χ2n) is 12.9. The van der Waals surface area contributed by atoms with Crippen LogP contribution in [0.2, 0.25) is 0 Å². The first-order valence-corrected chi connectivity index (χ1v) is 14.8. The van der Waals surface area contributed by atoms with Gasteiger partial charge in [-0.1, -0.05) is 49.3 Å². The van der Waals surface area contributed by atoms with Crippen LogP contribution in [0.1, 0.15) is 76.8 Å². The molecule has 1 aromatic rings. The van der Waals surface area contributed by atoms with Crippen LogP contribution < -0.4 is 10.6 Å². The molecule has 3 amide bonds. The molecule has 3 heterocycles. The molecule has 10 nitrogen and oxygen atoms in total. The number of amides is 3. The molecule has 0 spiro atoms. The maximum atomic E-state index is 14.1. The number of carbonyl (C=O) groups is 4. The Morgan fingerprint density at radius 3 is 2.46 bits per heavy atom. The zero-order valence-corrected chi connectivity index (χ0v) is 24.2. The molecule has 2 fully saturated rings. The summed E-state index contributed by atoms with van der Waals surface area (Å²) in [6.07, 6.45) is 7.61. The van der Waals surface area contributed by atoms with Gasteiger partial charge in [-0.05, 0) is 64.0 Å². The van der Waals surface area contributed by atoms with Gasteiger partial charge >= 0.3 is 12.1 Å². The molecule has 41 heavy (non-hydrogen) atoms. The third kappa shape index (κ3) is 6.42. The summed E-state index contributed by atoms with van der Waals surface area (Å²) in [7, 11) is 0. The highest BCUT2D eigenvalue weighted by atomic mass is 16.6. The molecule has 222 valence electrons. The van der Waals surface area contributed by atoms with Gasteiger partial charge in [0.15, 0.2) is 0 Å². The van der Waals surface area contributed by atoms with E-state index in [4.69, 9.17) is 4.74 Å². The Bertz CT molecular complexity index is 1200. The molecule has 0 radical (unpaired) electrons. The molecule has 3 aliphatic heterocycles. The number of fused-ring (bicyclic) bond motifs is 3. The summed E-state index contributed by atoms with van der Waals surface area (Å²) in [4.78, 5) is 56.8. The van der Waals surface area contributed by atoms with Crippen molar-refractivity contribution in [2.75, 3.05) is 6.54 Å². The predicted molar refractivity (Wildman–Crippen MR) is 152 cm³/mol. The normalized spacial score (nSPS) is 31.5. The van der Waals surface area contributed by atoms with Crippen molar-refractivity contribution in [1.82, 2.24) is 20.4 Å². The SMILES string of the molecule is CC(C)(C)OC(=O)N[C@H]1CCCCC/C=C\[C@@H]2C[C@@]2(C(=O)O)NC(=O)[C@@H]2C[C@@H](N3Cc4ccccc4C3)CN2C1=O. The highest BCUT2D eigenvalue weighted by Crippen LogP contribution is 2.45. The van der Waals surface area contributed by atoms with Gasteiger partial charge in [0.2, 0.25) is 11.8 Å². The van der Waals surface area contributed by atoms with E-state index in [2.05, 4.69) is 27.7 Å². The molecule has 1 aromatic carbocycles. The Kier molecular flexibility index (Phi) is 8.14. The fourth-order valence-corrected chi connectivity index (χ4v) is 6.41. The van der Waals surface area contributed by atoms with Crippen LogP contribution in [-0.4, -0.2) is 74.6 Å². The van der Waals surface area contributed by atoms with Crippen molar-refractivity contribution in [3.63, 3.8) is 0 Å². The number of aliphatic carboxylic acids is 1. The number of ether oxygens (including phenoxy) is 1. The van der Waals surface area contributed by atoms with E-state index in [1.165, 1.54) is 11.1 Å². The minimum atomic E-state index is -1.35. The molecule has 5 rings (SSSR count). The summed E-state index contributed by atoms with van der Waals surface area (Å²) in [5, 5.41) is 15.7. The second-order valence-corrected chi connectivity index (χ2v) is 12.9. The monoisotopic (exact) mass is 566 g/mol. The molecule has 0 aromatic heterocycles. The largest absolute Gasteiger partial charge is 0.479 e. The topological polar surface area (TPSA) is 128 Å². The fourth-order valence-electron chi connectivity index (χ4n) is 6.41. The van der Waals surface area contributed by atoms with Crippen molar-refractivity contribution in [3.05, 3.63) is 47.5 Å². The molecule has 5 atom stereocenters. The third-order valence-corrected chi connectivity index (χ3v) is 8.71. The number of nitrogens with one attached hydrogen (secondary N) is 2. The molecule has 10 heteroatoms. The lowest BCUT2D eigenvalue weighted by Gasteiger charge is -2.30. The van der Waals surface area contributed by atoms with Crippen LogP contribution in [0.4, 0.5) is 4.79 Å². The molecule has 0 unspecified atom stereocenters. The van der Waals surface area contributed by atoms with E-state index in [1.807, 2.05) is 24.3 Å². The summed E-state index contributed by atoms with van der Waals surface area (Å²) in [6.45, 7) is 7.07. The van der Waals surface area contributed by atoms with Gasteiger partial charge in [-0.25, -0.2) is 9.59 Å². The number of carboxylic acid groups (broad SMARTS) is 1. The third-order valence-electron chi connectivity index (χ3n) is 8.71. The lowest BCUT2D eigenvalue weighted by molar-refractivity contribution is -0.145. The zero-order valence-electron chi connectivity index (χ0n) is 24.2. The van der Waals surface area contributed by atoms with Crippen molar-refractivity contribution in [2.24, 2.45) is 5.92 Å². The smallest absolute Gasteiger partial charge is 0.408 e. The molecular weight excluding hydrogens is 524 g/mol. The lowest BCUT2D eigenvalue weighted by Crippen LogP contribution is -2.56. The van der Waals surface area contributed by atoms with E-state index >= 15 is 0 Å². The van der Waals surface area contributed by atoms with E-state index in [0.717, 1.165) is 38.8 Å². The van der Waals surface area contributed by atoms with Crippen LogP contribution in [-0.2, 0) is 32.2 Å². The fraction of sp³-hybridized carbons (Fsp3) is 0.613. The van der Waals surface area contributed by atoms with Gasteiger partial charge in [0.1, 0.15) is 23.2 Å². The minimum Gasteiger partial charge on any atom is -0.479 e. The van der Waals surface area contributed by atoms with Crippen molar-refractivity contribution in [1.29, 1.82) is 0 Å².